The van der Waals surface area contributed by atoms with Crippen LogP contribution in [0.4, 0.5) is 0 Å². The SMILES string of the molecule is CC(C)(C)NCCCc1ncc(-c2ccco2)o1. The van der Waals surface area contributed by atoms with Crippen LogP contribution in [0.15, 0.2) is 33.4 Å². The Bertz CT molecular complexity index is 466. The third-order valence-electron chi connectivity index (χ3n) is 2.54. The normalized spacial score (nSPS) is 11.9. The van der Waals surface area contributed by atoms with Crippen LogP contribution in [-0.4, -0.2) is 17.1 Å². The summed E-state index contributed by atoms with van der Waals surface area (Å²) in [6.07, 6.45) is 5.19. The highest BCUT2D eigenvalue weighted by Gasteiger charge is 2.10. The first kappa shape index (κ1) is 12.9. The summed E-state index contributed by atoms with van der Waals surface area (Å²) in [7, 11) is 0. The van der Waals surface area contributed by atoms with Crippen molar-refractivity contribution in [2.75, 3.05) is 6.54 Å². The summed E-state index contributed by atoms with van der Waals surface area (Å²) < 4.78 is 10.9. The summed E-state index contributed by atoms with van der Waals surface area (Å²) in [5, 5.41) is 3.44. The molecule has 0 saturated carbocycles. The number of nitrogens with one attached hydrogen (secondary N) is 1. The Morgan fingerprint density at radius 3 is 2.78 bits per heavy atom. The number of furan rings is 1. The van der Waals surface area contributed by atoms with Crippen LogP contribution >= 0.6 is 0 Å². The third kappa shape index (κ3) is 3.74. The lowest BCUT2D eigenvalue weighted by molar-refractivity contribution is 0.411. The Kier molecular flexibility index (Phi) is 3.87. The molecule has 0 saturated heterocycles. The molecule has 2 aromatic rings. The van der Waals surface area contributed by atoms with Gasteiger partial charge in [-0.3, -0.25) is 0 Å². The third-order valence-corrected chi connectivity index (χ3v) is 2.54. The van der Waals surface area contributed by atoms with Crippen LogP contribution in [0.2, 0.25) is 0 Å². The first-order chi connectivity index (χ1) is 8.54. The minimum absolute atomic E-state index is 0.163. The maximum atomic E-state index is 5.63. The van der Waals surface area contributed by atoms with Gasteiger partial charge < -0.3 is 14.2 Å². The number of aryl methyl sites for hydroxylation is 1. The molecule has 4 heteroatoms. The molecule has 0 spiro atoms. The lowest BCUT2D eigenvalue weighted by atomic mass is 10.1. The van der Waals surface area contributed by atoms with Crippen LogP contribution in [0.25, 0.3) is 11.5 Å². The summed E-state index contributed by atoms with van der Waals surface area (Å²) in [5.74, 6) is 2.18. The Balaban J connectivity index is 1.81. The van der Waals surface area contributed by atoms with E-state index in [1.165, 1.54) is 0 Å². The Morgan fingerprint density at radius 2 is 2.11 bits per heavy atom. The average molecular weight is 248 g/mol. The molecule has 0 bridgehead atoms. The highest BCUT2D eigenvalue weighted by molar-refractivity contribution is 5.47. The van der Waals surface area contributed by atoms with Crippen molar-refractivity contribution in [2.45, 2.75) is 39.2 Å². The van der Waals surface area contributed by atoms with Gasteiger partial charge in [-0.1, -0.05) is 0 Å². The highest BCUT2D eigenvalue weighted by Crippen LogP contribution is 2.20. The largest absolute Gasteiger partial charge is 0.461 e. The fraction of sp³-hybridized carbons (Fsp3) is 0.500. The first-order valence-corrected chi connectivity index (χ1v) is 6.28. The molecular formula is C14H20N2O2. The van der Waals surface area contributed by atoms with Crippen molar-refractivity contribution in [3.63, 3.8) is 0 Å². The van der Waals surface area contributed by atoms with Crippen molar-refractivity contribution in [1.82, 2.24) is 10.3 Å². The minimum Gasteiger partial charge on any atom is -0.461 e. The molecule has 98 valence electrons. The van der Waals surface area contributed by atoms with E-state index in [1.54, 1.807) is 12.5 Å². The summed E-state index contributed by atoms with van der Waals surface area (Å²) in [6.45, 7) is 7.44. The molecule has 0 aromatic carbocycles. The van der Waals surface area contributed by atoms with Crippen molar-refractivity contribution >= 4 is 0 Å². The van der Waals surface area contributed by atoms with E-state index < -0.39 is 0 Å². The molecule has 2 heterocycles. The zero-order chi connectivity index (χ0) is 13.0. The van der Waals surface area contributed by atoms with Gasteiger partial charge in [-0.25, -0.2) is 4.98 Å². The monoisotopic (exact) mass is 248 g/mol. The molecule has 0 atom stereocenters. The Morgan fingerprint density at radius 1 is 1.28 bits per heavy atom. The fourth-order valence-corrected chi connectivity index (χ4v) is 1.66. The molecule has 18 heavy (non-hydrogen) atoms. The van der Waals surface area contributed by atoms with Gasteiger partial charge in [-0.15, -0.1) is 0 Å². The highest BCUT2D eigenvalue weighted by atomic mass is 16.4. The second-order valence-corrected chi connectivity index (χ2v) is 5.38. The number of nitrogens with zero attached hydrogens (tertiary/aromatic N) is 1. The lowest BCUT2D eigenvalue weighted by Gasteiger charge is -2.19. The predicted octanol–water partition coefficient (Wildman–Crippen LogP) is 3.26. The zero-order valence-electron chi connectivity index (χ0n) is 11.2. The van der Waals surface area contributed by atoms with Crippen LogP contribution in [0.3, 0.4) is 0 Å². The van der Waals surface area contributed by atoms with Gasteiger partial charge in [-0.2, -0.15) is 0 Å². The topological polar surface area (TPSA) is 51.2 Å². The molecule has 2 aromatic heterocycles. The molecule has 1 N–H and O–H groups in total. The van der Waals surface area contributed by atoms with Gasteiger partial charge in [0.1, 0.15) is 0 Å². The van der Waals surface area contributed by atoms with Crippen LogP contribution in [0.1, 0.15) is 33.1 Å². The van der Waals surface area contributed by atoms with E-state index in [-0.39, 0.29) is 5.54 Å². The van der Waals surface area contributed by atoms with Crippen molar-refractivity contribution in [3.8, 4) is 11.5 Å². The molecule has 4 nitrogen and oxygen atoms in total. The standard InChI is InChI=1S/C14H20N2O2/c1-14(2,3)16-8-4-7-13-15-10-12(18-13)11-6-5-9-17-11/h5-6,9-10,16H,4,7-8H2,1-3H3. The Labute approximate surface area is 107 Å². The number of rotatable bonds is 5. The van der Waals surface area contributed by atoms with Crippen molar-refractivity contribution in [3.05, 3.63) is 30.5 Å². The van der Waals surface area contributed by atoms with Crippen molar-refractivity contribution in [1.29, 1.82) is 0 Å². The van der Waals surface area contributed by atoms with E-state index in [0.717, 1.165) is 31.0 Å². The van der Waals surface area contributed by atoms with E-state index in [4.69, 9.17) is 8.83 Å². The number of oxazole rings is 1. The maximum absolute atomic E-state index is 5.63. The minimum atomic E-state index is 0.163. The molecule has 0 radical (unpaired) electrons. The van der Waals surface area contributed by atoms with Gasteiger partial charge in [-0.05, 0) is 45.9 Å². The van der Waals surface area contributed by atoms with Crippen LogP contribution in [0, 0.1) is 0 Å². The Hall–Kier alpha value is -1.55. The van der Waals surface area contributed by atoms with E-state index in [9.17, 15) is 0 Å². The summed E-state index contributed by atoms with van der Waals surface area (Å²) in [6, 6.07) is 3.70. The quantitative estimate of drug-likeness (QED) is 0.825. The second-order valence-electron chi connectivity index (χ2n) is 5.38. The zero-order valence-corrected chi connectivity index (χ0v) is 11.2. The summed E-state index contributed by atoms with van der Waals surface area (Å²) in [5.41, 5.74) is 0.163. The molecule has 0 aliphatic heterocycles. The smallest absolute Gasteiger partial charge is 0.195 e. The van der Waals surface area contributed by atoms with Gasteiger partial charge in [0.05, 0.1) is 12.5 Å². The predicted molar refractivity (Wildman–Crippen MR) is 70.3 cm³/mol. The molecular weight excluding hydrogens is 228 g/mol. The molecule has 0 aliphatic carbocycles. The number of hydrogen-bond donors (Lipinski definition) is 1. The van der Waals surface area contributed by atoms with E-state index >= 15 is 0 Å². The van der Waals surface area contributed by atoms with Gasteiger partial charge in [0.25, 0.3) is 0 Å². The first-order valence-electron chi connectivity index (χ1n) is 6.28. The lowest BCUT2D eigenvalue weighted by Crippen LogP contribution is -2.36. The van der Waals surface area contributed by atoms with Crippen LogP contribution < -0.4 is 5.32 Å². The number of hydrogen-bond acceptors (Lipinski definition) is 4. The number of aromatic nitrogens is 1. The summed E-state index contributed by atoms with van der Waals surface area (Å²) >= 11 is 0. The molecule has 0 amide bonds. The van der Waals surface area contributed by atoms with E-state index in [0.29, 0.717) is 5.76 Å². The van der Waals surface area contributed by atoms with Crippen LogP contribution in [0.5, 0.6) is 0 Å². The summed E-state index contributed by atoms with van der Waals surface area (Å²) in [4.78, 5) is 4.25. The average Bonchev–Trinajstić information content (AvgIpc) is 2.93. The fourth-order valence-electron chi connectivity index (χ4n) is 1.66. The molecule has 0 fully saturated rings. The molecule has 2 rings (SSSR count). The van der Waals surface area contributed by atoms with E-state index in [1.807, 2.05) is 12.1 Å². The van der Waals surface area contributed by atoms with E-state index in [2.05, 4.69) is 31.1 Å². The molecule has 0 aliphatic rings. The van der Waals surface area contributed by atoms with Crippen molar-refractivity contribution < 1.29 is 8.83 Å². The van der Waals surface area contributed by atoms with Gasteiger partial charge in [0, 0.05) is 12.0 Å². The molecule has 0 unspecified atom stereocenters. The van der Waals surface area contributed by atoms with Crippen molar-refractivity contribution in [2.24, 2.45) is 0 Å². The maximum Gasteiger partial charge on any atom is 0.195 e. The van der Waals surface area contributed by atoms with Gasteiger partial charge in [0.15, 0.2) is 17.4 Å². The second kappa shape index (κ2) is 5.40. The van der Waals surface area contributed by atoms with Gasteiger partial charge in [0.2, 0.25) is 0 Å². The van der Waals surface area contributed by atoms with Crippen LogP contribution in [-0.2, 0) is 6.42 Å². The van der Waals surface area contributed by atoms with Gasteiger partial charge >= 0.3 is 0 Å².